The molecular weight excluding hydrogens is 301 g/mol. The molecule has 1 aromatic carbocycles. The zero-order chi connectivity index (χ0) is 14.3. The molecule has 1 aliphatic carbocycles. The fraction of sp³-hybridized carbons (Fsp3) is 0.429. The molecule has 1 fully saturated rings. The van der Waals surface area contributed by atoms with Gasteiger partial charge >= 0.3 is 0 Å². The number of hydrogen-bond donors (Lipinski definition) is 0. The minimum absolute atomic E-state index is 0.00772. The van der Waals surface area contributed by atoms with E-state index in [9.17, 15) is 12.8 Å². The van der Waals surface area contributed by atoms with Crippen LogP contribution in [0.2, 0.25) is 0 Å². The molecule has 0 radical (unpaired) electrons. The summed E-state index contributed by atoms with van der Waals surface area (Å²) in [6.45, 7) is 0.758. The van der Waals surface area contributed by atoms with E-state index in [1.165, 1.54) is 31.2 Å². The molecule has 0 saturated heterocycles. The fourth-order valence-corrected chi connectivity index (χ4v) is 4.10. The summed E-state index contributed by atoms with van der Waals surface area (Å²) in [5.41, 5.74) is 0.720. The molecule has 108 valence electrons. The Balaban J connectivity index is 2.12. The number of nitrogens with zero attached hydrogens (tertiary/aromatic N) is 1. The maximum atomic E-state index is 13.4. The van der Waals surface area contributed by atoms with Crippen molar-refractivity contribution in [3.63, 3.8) is 0 Å². The summed E-state index contributed by atoms with van der Waals surface area (Å²) in [6.07, 6.45) is 6.29. The lowest BCUT2D eigenvalue weighted by atomic mass is 10.1. The number of hydrogen-bond acceptors (Lipinski definition) is 2. The molecule has 1 aliphatic rings. The van der Waals surface area contributed by atoms with E-state index in [1.807, 2.05) is 4.57 Å². The van der Waals surface area contributed by atoms with Crippen molar-refractivity contribution in [2.24, 2.45) is 5.92 Å². The average Bonchev–Trinajstić information content (AvgIpc) is 2.97. The second-order valence-corrected chi connectivity index (χ2v) is 7.93. The van der Waals surface area contributed by atoms with Crippen LogP contribution in [0, 0.1) is 11.7 Å². The predicted octanol–water partition coefficient (Wildman–Crippen LogP) is 3.90. The van der Waals surface area contributed by atoms with Gasteiger partial charge in [0.15, 0.2) is 0 Å². The molecule has 0 unspecified atom stereocenters. The van der Waals surface area contributed by atoms with E-state index >= 15 is 0 Å². The highest BCUT2D eigenvalue weighted by atomic mass is 35.7. The monoisotopic (exact) mass is 315 g/mol. The summed E-state index contributed by atoms with van der Waals surface area (Å²) in [7, 11) is 1.58. The van der Waals surface area contributed by atoms with Crippen molar-refractivity contribution >= 4 is 30.6 Å². The summed E-state index contributed by atoms with van der Waals surface area (Å²) < 4.78 is 38.5. The van der Waals surface area contributed by atoms with Crippen LogP contribution in [0.15, 0.2) is 29.3 Å². The Labute approximate surface area is 121 Å². The van der Waals surface area contributed by atoms with Gasteiger partial charge in [-0.3, -0.25) is 0 Å². The average molecular weight is 316 g/mol. The maximum absolute atomic E-state index is 13.4. The maximum Gasteiger partial charge on any atom is 0.263 e. The molecule has 1 saturated carbocycles. The molecule has 3 nitrogen and oxygen atoms in total. The van der Waals surface area contributed by atoms with Gasteiger partial charge in [-0.05, 0) is 37.0 Å². The molecule has 6 heteroatoms. The molecule has 0 spiro atoms. The van der Waals surface area contributed by atoms with Gasteiger partial charge in [-0.1, -0.05) is 12.8 Å². The van der Waals surface area contributed by atoms with Gasteiger partial charge in [-0.25, -0.2) is 12.8 Å². The van der Waals surface area contributed by atoms with Crippen molar-refractivity contribution in [3.05, 3.63) is 30.2 Å². The van der Waals surface area contributed by atoms with E-state index in [0.717, 1.165) is 24.9 Å². The normalized spacial score (nSPS) is 17.1. The molecule has 3 rings (SSSR count). The highest BCUT2D eigenvalue weighted by Gasteiger charge is 2.22. The standard InChI is InChI=1S/C14H15ClFNO2S/c15-20(18,19)14-9-17(8-10-3-1-2-4-10)13-6-5-11(16)7-12(13)14/h5-7,9-10H,1-4,8H2. The lowest BCUT2D eigenvalue weighted by Crippen LogP contribution is -2.06. The minimum Gasteiger partial charge on any atom is -0.346 e. The zero-order valence-corrected chi connectivity index (χ0v) is 12.4. The van der Waals surface area contributed by atoms with Crippen molar-refractivity contribution in [2.45, 2.75) is 37.1 Å². The molecule has 1 aromatic heterocycles. The van der Waals surface area contributed by atoms with Crippen molar-refractivity contribution in [3.8, 4) is 0 Å². The second kappa shape index (κ2) is 5.04. The van der Waals surface area contributed by atoms with Gasteiger partial charge in [0.1, 0.15) is 10.7 Å². The number of rotatable bonds is 3. The molecule has 0 bridgehead atoms. The Hall–Kier alpha value is -1.07. The minimum atomic E-state index is -3.87. The van der Waals surface area contributed by atoms with Crippen molar-refractivity contribution < 1.29 is 12.8 Å². The van der Waals surface area contributed by atoms with E-state index in [2.05, 4.69) is 0 Å². The predicted molar refractivity (Wildman–Crippen MR) is 76.9 cm³/mol. The molecule has 0 aliphatic heterocycles. The molecule has 1 heterocycles. The SMILES string of the molecule is O=S(=O)(Cl)c1cn(CC2CCCC2)c2ccc(F)cc12. The van der Waals surface area contributed by atoms with Crippen LogP contribution in [0.25, 0.3) is 10.9 Å². The Bertz CT molecular complexity index is 748. The van der Waals surface area contributed by atoms with E-state index in [1.54, 1.807) is 6.07 Å². The fourth-order valence-electron chi connectivity index (χ4n) is 3.05. The third-order valence-electron chi connectivity index (χ3n) is 4.00. The Morgan fingerprint density at radius 1 is 1.30 bits per heavy atom. The van der Waals surface area contributed by atoms with Crippen LogP contribution in [0.5, 0.6) is 0 Å². The molecule has 0 amide bonds. The molecule has 2 aromatic rings. The van der Waals surface area contributed by atoms with Crippen molar-refractivity contribution in [1.29, 1.82) is 0 Å². The summed E-state index contributed by atoms with van der Waals surface area (Å²) in [6, 6.07) is 4.19. The highest BCUT2D eigenvalue weighted by molar-refractivity contribution is 8.14. The summed E-state index contributed by atoms with van der Waals surface area (Å²) in [5, 5.41) is 0.359. The number of benzene rings is 1. The Kier molecular flexibility index (Phi) is 3.50. The number of aromatic nitrogens is 1. The third-order valence-corrected chi connectivity index (χ3v) is 5.35. The molecule has 20 heavy (non-hydrogen) atoms. The lowest BCUT2D eigenvalue weighted by Gasteiger charge is -2.11. The third kappa shape index (κ3) is 2.56. The first kappa shape index (κ1) is 13.9. The van der Waals surface area contributed by atoms with Crippen LogP contribution < -0.4 is 0 Å². The van der Waals surface area contributed by atoms with Crippen LogP contribution in [-0.2, 0) is 15.6 Å². The molecule has 0 N–H and O–H groups in total. The van der Waals surface area contributed by atoms with Crippen molar-refractivity contribution in [2.75, 3.05) is 0 Å². The first-order chi connectivity index (χ1) is 9.45. The van der Waals surface area contributed by atoms with E-state index in [4.69, 9.17) is 10.7 Å². The van der Waals surface area contributed by atoms with Gasteiger partial charge < -0.3 is 4.57 Å². The van der Waals surface area contributed by atoms with Gasteiger partial charge in [-0.2, -0.15) is 0 Å². The van der Waals surface area contributed by atoms with E-state index in [0.29, 0.717) is 11.3 Å². The number of fused-ring (bicyclic) bond motifs is 1. The summed E-state index contributed by atoms with van der Waals surface area (Å²) in [5.74, 6) is 0.0965. The van der Waals surface area contributed by atoms with Gasteiger partial charge in [0, 0.05) is 34.3 Å². The van der Waals surface area contributed by atoms with Gasteiger partial charge in [-0.15, -0.1) is 0 Å². The molecular formula is C14H15ClFNO2S. The summed E-state index contributed by atoms with van der Waals surface area (Å²) in [4.78, 5) is -0.00772. The van der Waals surface area contributed by atoms with Crippen LogP contribution >= 0.6 is 10.7 Å². The van der Waals surface area contributed by atoms with Crippen LogP contribution in [0.1, 0.15) is 25.7 Å². The zero-order valence-electron chi connectivity index (χ0n) is 10.9. The van der Waals surface area contributed by atoms with Crippen LogP contribution in [0.4, 0.5) is 4.39 Å². The lowest BCUT2D eigenvalue weighted by molar-refractivity contribution is 0.464. The van der Waals surface area contributed by atoms with Crippen LogP contribution in [0.3, 0.4) is 0 Å². The quantitative estimate of drug-likeness (QED) is 0.806. The topological polar surface area (TPSA) is 39.1 Å². The second-order valence-electron chi connectivity index (χ2n) is 5.40. The Morgan fingerprint density at radius 2 is 2.00 bits per heavy atom. The van der Waals surface area contributed by atoms with Gasteiger partial charge in [0.05, 0.1) is 0 Å². The van der Waals surface area contributed by atoms with E-state index in [-0.39, 0.29) is 4.90 Å². The van der Waals surface area contributed by atoms with E-state index < -0.39 is 14.9 Å². The smallest absolute Gasteiger partial charge is 0.263 e. The largest absolute Gasteiger partial charge is 0.346 e. The van der Waals surface area contributed by atoms with Crippen molar-refractivity contribution in [1.82, 2.24) is 4.57 Å². The molecule has 0 atom stereocenters. The van der Waals surface area contributed by atoms with Gasteiger partial charge in [0.25, 0.3) is 9.05 Å². The summed E-state index contributed by atoms with van der Waals surface area (Å²) >= 11 is 0. The Morgan fingerprint density at radius 3 is 2.65 bits per heavy atom. The first-order valence-corrected chi connectivity index (χ1v) is 8.99. The van der Waals surface area contributed by atoms with Crippen LogP contribution in [-0.4, -0.2) is 13.0 Å². The number of halogens is 2. The highest BCUT2D eigenvalue weighted by Crippen LogP contribution is 2.32. The van der Waals surface area contributed by atoms with Gasteiger partial charge in [0.2, 0.25) is 0 Å². The first-order valence-electron chi connectivity index (χ1n) is 6.68.